The lowest BCUT2D eigenvalue weighted by molar-refractivity contribution is -0.127. The highest BCUT2D eigenvalue weighted by molar-refractivity contribution is 7.59. The van der Waals surface area contributed by atoms with Crippen LogP contribution in [0, 0.1) is 6.57 Å². The monoisotopic (exact) mass is 603 g/mol. The lowest BCUT2D eigenvalue weighted by Crippen LogP contribution is -2.38. The van der Waals surface area contributed by atoms with E-state index in [4.69, 9.17) is 22.0 Å². The van der Waals surface area contributed by atoms with Gasteiger partial charge in [0, 0.05) is 35.8 Å². The molecule has 2 aliphatic heterocycles. The maximum Gasteiger partial charge on any atom is 0.318 e. The van der Waals surface area contributed by atoms with E-state index in [9.17, 15) is 4.79 Å². The van der Waals surface area contributed by atoms with Crippen molar-refractivity contribution in [3.63, 3.8) is 0 Å². The lowest BCUT2D eigenvalue weighted by atomic mass is 10.0. The zero-order chi connectivity index (χ0) is 30.1. The molecule has 0 spiro atoms. The molecule has 1 unspecified atom stereocenters. The summed E-state index contributed by atoms with van der Waals surface area (Å²) in [7, 11) is 2.14. The quantitative estimate of drug-likeness (QED) is 0.284. The first kappa shape index (κ1) is 33.7. The first-order chi connectivity index (χ1) is 20.4. The van der Waals surface area contributed by atoms with Crippen LogP contribution in [0.4, 0.5) is 11.5 Å². The SMILES string of the molecule is CN1CCC[C@H]1COc1nc(N)c2c(n1)CN(c1cccc3ccccc13)CC2.S.[C-]#[N+]CC(C)N(CC)C(=O)/C=C/C. The molecule has 3 heterocycles. The van der Waals surface area contributed by atoms with Crippen molar-refractivity contribution >= 4 is 41.7 Å². The third-order valence-electron chi connectivity index (χ3n) is 8.08. The van der Waals surface area contributed by atoms with E-state index < -0.39 is 0 Å². The van der Waals surface area contributed by atoms with Gasteiger partial charge in [-0.25, -0.2) is 6.57 Å². The summed E-state index contributed by atoms with van der Waals surface area (Å²) in [5.41, 5.74) is 9.54. The summed E-state index contributed by atoms with van der Waals surface area (Å²) in [6.07, 6.45) is 6.47. The largest absolute Gasteiger partial charge is 0.462 e. The molecule has 2 atom stereocenters. The van der Waals surface area contributed by atoms with Gasteiger partial charge in [-0.05, 0) is 71.2 Å². The second kappa shape index (κ2) is 16.1. The lowest BCUT2D eigenvalue weighted by Gasteiger charge is -2.31. The number of anilines is 2. The van der Waals surface area contributed by atoms with Gasteiger partial charge in [0.1, 0.15) is 18.5 Å². The second-order valence-electron chi connectivity index (χ2n) is 10.9. The van der Waals surface area contributed by atoms with Crippen molar-refractivity contribution in [2.24, 2.45) is 0 Å². The van der Waals surface area contributed by atoms with Crippen LogP contribution in [-0.4, -0.2) is 77.6 Å². The van der Waals surface area contributed by atoms with Crippen molar-refractivity contribution in [3.05, 3.63) is 77.3 Å². The minimum Gasteiger partial charge on any atom is -0.462 e. The molecule has 1 fully saturated rings. The molecule has 2 aliphatic rings. The van der Waals surface area contributed by atoms with Gasteiger partial charge in [-0.2, -0.15) is 23.5 Å². The average molecular weight is 604 g/mol. The van der Waals surface area contributed by atoms with Crippen LogP contribution in [-0.2, 0) is 17.8 Å². The minimum absolute atomic E-state index is 0. The van der Waals surface area contributed by atoms with Crippen LogP contribution in [0.25, 0.3) is 15.6 Å². The molecule has 0 bridgehead atoms. The Morgan fingerprint density at radius 3 is 2.70 bits per heavy atom. The number of fused-ring (bicyclic) bond motifs is 2. The fraction of sp³-hybridized carbons (Fsp3) is 0.455. The molecule has 3 aromatic rings. The summed E-state index contributed by atoms with van der Waals surface area (Å²) >= 11 is 0. The van der Waals surface area contributed by atoms with Crippen LogP contribution >= 0.6 is 13.5 Å². The van der Waals surface area contributed by atoms with Crippen LogP contribution in [0.2, 0.25) is 0 Å². The summed E-state index contributed by atoms with van der Waals surface area (Å²) < 4.78 is 5.96. The molecule has 0 aliphatic carbocycles. The van der Waals surface area contributed by atoms with Crippen LogP contribution in [0.5, 0.6) is 6.01 Å². The minimum atomic E-state index is -0.0128. The maximum absolute atomic E-state index is 11.4. The number of benzene rings is 2. The molecular formula is C33H45N7O2S. The molecule has 2 aromatic carbocycles. The van der Waals surface area contributed by atoms with Gasteiger partial charge < -0.3 is 30.0 Å². The molecule has 10 heteroatoms. The third-order valence-corrected chi connectivity index (χ3v) is 8.08. The van der Waals surface area contributed by atoms with Gasteiger partial charge in [-0.1, -0.05) is 42.5 Å². The number of nitrogens with two attached hydrogens (primary N) is 1. The number of rotatable bonds is 8. The van der Waals surface area contributed by atoms with Crippen molar-refractivity contribution in [1.82, 2.24) is 19.8 Å². The number of allylic oxidation sites excluding steroid dienone is 1. The van der Waals surface area contributed by atoms with E-state index in [1.807, 2.05) is 20.8 Å². The molecule has 230 valence electrons. The molecule has 2 N–H and O–H groups in total. The smallest absolute Gasteiger partial charge is 0.318 e. The number of carbonyl (C=O) groups excluding carboxylic acids is 1. The number of nitrogens with zero attached hydrogens (tertiary/aromatic N) is 6. The van der Waals surface area contributed by atoms with Crippen LogP contribution in [0.15, 0.2) is 54.6 Å². The van der Waals surface area contributed by atoms with Gasteiger partial charge in [-0.3, -0.25) is 4.79 Å². The van der Waals surface area contributed by atoms with E-state index in [1.54, 1.807) is 11.0 Å². The number of nitrogen functional groups attached to an aromatic ring is 1. The fourth-order valence-corrected chi connectivity index (χ4v) is 5.70. The predicted octanol–water partition coefficient (Wildman–Crippen LogP) is 5.08. The third kappa shape index (κ3) is 8.39. The Morgan fingerprint density at radius 1 is 1.23 bits per heavy atom. The predicted molar refractivity (Wildman–Crippen MR) is 180 cm³/mol. The van der Waals surface area contributed by atoms with Gasteiger partial charge in [-0.15, -0.1) is 0 Å². The molecule has 0 saturated carbocycles. The molecule has 9 nitrogen and oxygen atoms in total. The molecule has 1 amide bonds. The van der Waals surface area contributed by atoms with Gasteiger partial charge >= 0.3 is 6.01 Å². The van der Waals surface area contributed by atoms with Crippen LogP contribution in [0.1, 0.15) is 44.9 Å². The van der Waals surface area contributed by atoms with Crippen LogP contribution in [0.3, 0.4) is 0 Å². The average Bonchev–Trinajstić information content (AvgIpc) is 3.41. The van der Waals surface area contributed by atoms with Crippen molar-refractivity contribution in [2.75, 3.05) is 50.5 Å². The van der Waals surface area contributed by atoms with E-state index >= 15 is 0 Å². The molecule has 5 rings (SSSR count). The number of carbonyl (C=O) groups is 1. The summed E-state index contributed by atoms with van der Waals surface area (Å²) in [5.74, 6) is 0.545. The molecular weight excluding hydrogens is 558 g/mol. The van der Waals surface area contributed by atoms with E-state index in [0.717, 1.165) is 43.7 Å². The van der Waals surface area contributed by atoms with Crippen molar-refractivity contribution in [2.45, 2.75) is 58.7 Å². The first-order valence-corrected chi connectivity index (χ1v) is 14.8. The Labute approximate surface area is 263 Å². The summed E-state index contributed by atoms with van der Waals surface area (Å²) in [6.45, 7) is 16.7. The number of likely N-dealkylation sites (N-methyl/N-ethyl adjacent to an activating group) is 2. The van der Waals surface area contributed by atoms with E-state index in [0.29, 0.717) is 37.6 Å². The fourth-order valence-electron chi connectivity index (χ4n) is 5.70. The van der Waals surface area contributed by atoms with E-state index in [2.05, 4.69) is 69.1 Å². The van der Waals surface area contributed by atoms with Crippen molar-refractivity contribution < 1.29 is 9.53 Å². The Morgan fingerprint density at radius 2 is 2.00 bits per heavy atom. The number of amides is 1. The zero-order valence-corrected chi connectivity index (χ0v) is 26.8. The highest BCUT2D eigenvalue weighted by Gasteiger charge is 2.25. The van der Waals surface area contributed by atoms with Gasteiger partial charge in [0.15, 0.2) is 0 Å². The number of likely N-dealkylation sites (tertiary alicyclic amines) is 1. The number of aromatic nitrogens is 2. The van der Waals surface area contributed by atoms with E-state index in [-0.39, 0.29) is 25.4 Å². The standard InChI is InChI=1S/C23H27N5O.C10H16N2O.H2S/c1-27-12-5-8-17(27)15-29-23-25-20-14-28(13-11-19(20)22(24)26-23)21-10-4-7-16-6-2-3-9-18(16)21;1-5-7-10(13)12(6-2)9(3)8-11-4;/h2-4,6-7,9-10,17H,5,8,11-15H2,1H3,(H2,24,25,26);5,7,9H,6,8H2,1-3H3;1H2/b;7-5+;/t17-;;/m0../s1. The normalized spacial score (nSPS) is 16.9. The number of ether oxygens (including phenoxy) is 1. The van der Waals surface area contributed by atoms with Gasteiger partial charge in [0.2, 0.25) is 12.5 Å². The number of hydrogen-bond acceptors (Lipinski definition) is 7. The Bertz CT molecular complexity index is 1440. The molecule has 1 saturated heterocycles. The van der Waals surface area contributed by atoms with Crippen LogP contribution < -0.4 is 15.4 Å². The summed E-state index contributed by atoms with van der Waals surface area (Å²) in [5, 5.41) is 2.52. The number of hydrogen-bond donors (Lipinski definition) is 1. The van der Waals surface area contributed by atoms with E-state index in [1.165, 1.54) is 29.0 Å². The molecule has 0 radical (unpaired) electrons. The van der Waals surface area contributed by atoms with Gasteiger partial charge in [0.05, 0.1) is 12.2 Å². The summed E-state index contributed by atoms with van der Waals surface area (Å²) in [4.78, 5) is 30.3. The van der Waals surface area contributed by atoms with Crippen molar-refractivity contribution in [3.8, 4) is 6.01 Å². The Hall–Kier alpha value is -3.81. The van der Waals surface area contributed by atoms with Crippen molar-refractivity contribution in [1.29, 1.82) is 0 Å². The van der Waals surface area contributed by atoms with Gasteiger partial charge in [0.25, 0.3) is 0 Å². The zero-order valence-electron chi connectivity index (χ0n) is 25.8. The Balaban J connectivity index is 0.000000310. The molecule has 1 aromatic heterocycles. The summed E-state index contributed by atoms with van der Waals surface area (Å²) in [6, 6.07) is 15.8. The maximum atomic E-state index is 11.4. The Kier molecular flexibility index (Phi) is 12.7. The second-order valence-corrected chi connectivity index (χ2v) is 10.9. The highest BCUT2D eigenvalue weighted by atomic mass is 32.1. The first-order valence-electron chi connectivity index (χ1n) is 14.8. The highest BCUT2D eigenvalue weighted by Crippen LogP contribution is 2.32. The topological polar surface area (TPSA) is 92.2 Å². The molecule has 43 heavy (non-hydrogen) atoms.